The maximum absolute atomic E-state index is 12.6. The molecule has 1 atom stereocenters. The fourth-order valence-electron chi connectivity index (χ4n) is 4.57. The molecule has 3 aromatic rings. The molecule has 0 unspecified atom stereocenters. The Labute approximate surface area is 215 Å². The highest BCUT2D eigenvalue weighted by molar-refractivity contribution is 6.39. The zero-order chi connectivity index (χ0) is 24.8. The third-order valence-corrected chi connectivity index (χ3v) is 7.15. The third-order valence-electron chi connectivity index (χ3n) is 6.52. The van der Waals surface area contributed by atoms with Crippen LogP contribution in [0.15, 0.2) is 72.8 Å². The molecule has 0 bridgehead atoms. The predicted molar refractivity (Wildman–Crippen MR) is 139 cm³/mol. The SMILES string of the molecule is O=C(N[C@@H](Cc1ccc(C2CCN(Cc3ccccc3)CC2)cc1)C(=O)O)c1c(Cl)cccc1Cl. The highest BCUT2D eigenvalue weighted by atomic mass is 35.5. The summed E-state index contributed by atoms with van der Waals surface area (Å²) in [4.78, 5) is 27.0. The molecule has 0 aliphatic carbocycles. The van der Waals surface area contributed by atoms with Gasteiger partial charge in [-0.25, -0.2) is 4.79 Å². The molecule has 1 aliphatic heterocycles. The van der Waals surface area contributed by atoms with E-state index in [1.807, 2.05) is 18.2 Å². The average molecular weight is 511 g/mol. The molecule has 1 aliphatic rings. The molecule has 0 radical (unpaired) electrons. The van der Waals surface area contributed by atoms with Gasteiger partial charge in [-0.2, -0.15) is 0 Å². The smallest absolute Gasteiger partial charge is 0.326 e. The third kappa shape index (κ3) is 6.63. The zero-order valence-corrected chi connectivity index (χ0v) is 20.8. The molecule has 0 spiro atoms. The number of carbonyl (C=O) groups excluding carboxylic acids is 1. The van der Waals surface area contributed by atoms with Crippen LogP contribution in [-0.2, 0) is 17.8 Å². The number of rotatable bonds is 8. The summed E-state index contributed by atoms with van der Waals surface area (Å²) in [5.41, 5.74) is 3.53. The number of halogens is 2. The fraction of sp³-hybridized carbons (Fsp3) is 0.286. The van der Waals surface area contributed by atoms with Gasteiger partial charge in [0.15, 0.2) is 0 Å². The van der Waals surface area contributed by atoms with E-state index in [1.54, 1.807) is 18.2 Å². The summed E-state index contributed by atoms with van der Waals surface area (Å²) in [6.07, 6.45) is 2.36. The van der Waals surface area contributed by atoms with Gasteiger partial charge in [0.05, 0.1) is 15.6 Å². The highest BCUT2D eigenvalue weighted by Gasteiger charge is 2.24. The highest BCUT2D eigenvalue weighted by Crippen LogP contribution is 2.29. The number of carboxylic acids is 1. The number of nitrogens with one attached hydrogen (secondary N) is 1. The van der Waals surface area contributed by atoms with Crippen molar-refractivity contribution in [3.8, 4) is 0 Å². The Kier molecular flexibility index (Phi) is 8.45. The lowest BCUT2D eigenvalue weighted by molar-refractivity contribution is -0.139. The van der Waals surface area contributed by atoms with Crippen molar-refractivity contribution in [3.05, 3.63) is 105 Å². The van der Waals surface area contributed by atoms with E-state index in [1.165, 1.54) is 11.1 Å². The second-order valence-corrected chi connectivity index (χ2v) is 9.76. The molecule has 182 valence electrons. The first kappa shape index (κ1) is 25.2. The quantitative estimate of drug-likeness (QED) is 0.401. The van der Waals surface area contributed by atoms with E-state index >= 15 is 0 Å². The van der Waals surface area contributed by atoms with Gasteiger partial charge in [-0.3, -0.25) is 9.69 Å². The molecule has 7 heteroatoms. The van der Waals surface area contributed by atoms with Crippen LogP contribution in [-0.4, -0.2) is 41.0 Å². The second-order valence-electron chi connectivity index (χ2n) is 8.94. The average Bonchev–Trinajstić information content (AvgIpc) is 2.85. The number of likely N-dealkylation sites (tertiary alicyclic amines) is 1. The van der Waals surface area contributed by atoms with Crippen LogP contribution in [0.3, 0.4) is 0 Å². The van der Waals surface area contributed by atoms with E-state index in [0.717, 1.165) is 38.0 Å². The Hall–Kier alpha value is -2.86. The number of benzene rings is 3. The number of hydrogen-bond acceptors (Lipinski definition) is 3. The Morgan fingerprint density at radius 2 is 1.51 bits per heavy atom. The predicted octanol–water partition coefficient (Wildman–Crippen LogP) is 5.80. The van der Waals surface area contributed by atoms with E-state index < -0.39 is 17.9 Å². The molecule has 5 nitrogen and oxygen atoms in total. The second kappa shape index (κ2) is 11.7. The lowest BCUT2D eigenvalue weighted by atomic mass is 9.88. The van der Waals surface area contributed by atoms with Gasteiger partial charge in [0, 0.05) is 13.0 Å². The summed E-state index contributed by atoms with van der Waals surface area (Å²) in [7, 11) is 0. The first-order valence-corrected chi connectivity index (χ1v) is 12.5. The number of aliphatic carboxylic acids is 1. The van der Waals surface area contributed by atoms with Crippen LogP contribution in [0.5, 0.6) is 0 Å². The van der Waals surface area contributed by atoms with Gasteiger partial charge in [-0.1, -0.05) is 83.9 Å². The molecular weight excluding hydrogens is 483 g/mol. The number of carbonyl (C=O) groups is 2. The number of piperidine rings is 1. The normalized spacial score (nSPS) is 15.5. The zero-order valence-electron chi connectivity index (χ0n) is 19.3. The van der Waals surface area contributed by atoms with Crippen molar-refractivity contribution >= 4 is 35.1 Å². The molecule has 35 heavy (non-hydrogen) atoms. The molecule has 2 N–H and O–H groups in total. The van der Waals surface area contributed by atoms with E-state index in [2.05, 4.69) is 46.6 Å². The summed E-state index contributed by atoms with van der Waals surface area (Å²) >= 11 is 12.2. The molecular formula is C28H28Cl2N2O3. The first-order valence-electron chi connectivity index (χ1n) is 11.7. The molecule has 1 amide bonds. The van der Waals surface area contributed by atoms with Crippen molar-refractivity contribution in [2.24, 2.45) is 0 Å². The van der Waals surface area contributed by atoms with E-state index in [4.69, 9.17) is 23.2 Å². The van der Waals surface area contributed by atoms with Gasteiger partial charge in [0.2, 0.25) is 0 Å². The van der Waals surface area contributed by atoms with Crippen molar-refractivity contribution in [3.63, 3.8) is 0 Å². The molecule has 3 aromatic carbocycles. The summed E-state index contributed by atoms with van der Waals surface area (Å²) in [5.74, 6) is -1.23. The molecule has 4 rings (SSSR count). The van der Waals surface area contributed by atoms with Crippen LogP contribution in [0, 0.1) is 0 Å². The standard InChI is InChI=1S/C28H28Cl2N2O3/c29-23-7-4-8-24(30)26(23)27(33)31-25(28(34)35)17-19-9-11-21(12-10-19)22-13-15-32(16-14-22)18-20-5-2-1-3-6-20/h1-12,22,25H,13-18H2,(H,31,33)(H,34,35)/t25-/m0/s1. The van der Waals surface area contributed by atoms with E-state index in [0.29, 0.717) is 5.92 Å². The lowest BCUT2D eigenvalue weighted by Gasteiger charge is -2.32. The van der Waals surface area contributed by atoms with Crippen LogP contribution in [0.4, 0.5) is 0 Å². The van der Waals surface area contributed by atoms with Gasteiger partial charge in [-0.05, 0) is 60.7 Å². The van der Waals surface area contributed by atoms with Crippen molar-refractivity contribution in [1.82, 2.24) is 10.2 Å². The van der Waals surface area contributed by atoms with Crippen LogP contribution in [0.2, 0.25) is 10.0 Å². The number of nitrogens with zero attached hydrogens (tertiary/aromatic N) is 1. The van der Waals surface area contributed by atoms with Gasteiger partial charge in [-0.15, -0.1) is 0 Å². The van der Waals surface area contributed by atoms with Crippen LogP contribution < -0.4 is 5.32 Å². The Morgan fingerprint density at radius 1 is 0.886 bits per heavy atom. The Bertz CT molecular complexity index is 1140. The monoisotopic (exact) mass is 510 g/mol. The summed E-state index contributed by atoms with van der Waals surface area (Å²) in [6, 6.07) is 22.2. The molecule has 0 saturated carbocycles. The molecule has 1 heterocycles. The largest absolute Gasteiger partial charge is 0.480 e. The van der Waals surface area contributed by atoms with E-state index in [9.17, 15) is 14.7 Å². The lowest BCUT2D eigenvalue weighted by Crippen LogP contribution is -2.42. The summed E-state index contributed by atoms with van der Waals surface area (Å²) < 4.78 is 0. The minimum atomic E-state index is -1.11. The van der Waals surface area contributed by atoms with Crippen molar-refractivity contribution in [2.45, 2.75) is 37.8 Å². The number of amides is 1. The van der Waals surface area contributed by atoms with Crippen LogP contribution >= 0.6 is 23.2 Å². The minimum absolute atomic E-state index is 0.0797. The van der Waals surface area contributed by atoms with Gasteiger partial charge >= 0.3 is 5.97 Å². The van der Waals surface area contributed by atoms with Crippen LogP contribution in [0.25, 0.3) is 0 Å². The number of hydrogen-bond donors (Lipinski definition) is 2. The van der Waals surface area contributed by atoms with Crippen LogP contribution in [0.1, 0.15) is 45.8 Å². The minimum Gasteiger partial charge on any atom is -0.480 e. The van der Waals surface area contributed by atoms with Gasteiger partial charge in [0.25, 0.3) is 5.91 Å². The van der Waals surface area contributed by atoms with E-state index in [-0.39, 0.29) is 22.0 Å². The topological polar surface area (TPSA) is 69.6 Å². The molecule has 0 aromatic heterocycles. The molecule has 1 saturated heterocycles. The fourth-order valence-corrected chi connectivity index (χ4v) is 5.14. The van der Waals surface area contributed by atoms with Gasteiger partial charge in [0.1, 0.15) is 6.04 Å². The summed E-state index contributed by atoms with van der Waals surface area (Å²) in [6.45, 7) is 3.09. The first-order chi connectivity index (χ1) is 16.9. The molecule has 1 fully saturated rings. The Balaban J connectivity index is 1.34. The maximum atomic E-state index is 12.6. The van der Waals surface area contributed by atoms with Crippen molar-refractivity contribution < 1.29 is 14.7 Å². The summed E-state index contributed by atoms with van der Waals surface area (Å²) in [5, 5.41) is 12.6. The number of carboxylic acid groups (broad SMARTS) is 1. The van der Waals surface area contributed by atoms with Crippen molar-refractivity contribution in [2.75, 3.05) is 13.1 Å². The Morgan fingerprint density at radius 3 is 2.11 bits per heavy atom. The van der Waals surface area contributed by atoms with Crippen molar-refractivity contribution in [1.29, 1.82) is 0 Å². The maximum Gasteiger partial charge on any atom is 0.326 e. The van der Waals surface area contributed by atoms with Gasteiger partial charge < -0.3 is 10.4 Å².